The summed E-state index contributed by atoms with van der Waals surface area (Å²) in [5.41, 5.74) is 1.79. The third-order valence-electron chi connectivity index (χ3n) is 3.48. The third kappa shape index (κ3) is 8.40. The molecular weight excluding hydrogens is 461 g/mol. The minimum Gasteiger partial charge on any atom is -0.458 e. The molecule has 0 bridgehead atoms. The largest absolute Gasteiger partial charge is 0.458 e. The lowest BCUT2D eigenvalue weighted by molar-refractivity contribution is -0.140. The average molecular weight is 482 g/mol. The van der Waals surface area contributed by atoms with Gasteiger partial charge < -0.3 is 20.4 Å². The van der Waals surface area contributed by atoms with Crippen molar-refractivity contribution < 1.29 is 23.6 Å². The van der Waals surface area contributed by atoms with Gasteiger partial charge in [0.1, 0.15) is 11.5 Å². The fourth-order valence-corrected chi connectivity index (χ4v) is 2.75. The molecule has 0 fully saturated rings. The fourth-order valence-electron chi connectivity index (χ4n) is 2.22. The van der Waals surface area contributed by atoms with Crippen molar-refractivity contribution in [2.75, 3.05) is 5.32 Å². The van der Waals surface area contributed by atoms with Gasteiger partial charge in [-0.05, 0) is 51.1 Å². The highest BCUT2D eigenvalue weighted by atomic mass is 35.5. The molecule has 0 saturated carbocycles. The molecule has 10 nitrogen and oxygen atoms in total. The standard InChI is InChI=1S/C20H21Cl2N5O5/c1-20(2,3)26-18(30)19(31)27-24-10-15-5-4-14(32-15)9-23-16(28)17(29)25-13-7-11(21)6-12(22)8-13/h4-8,10H,9H2,1-3H3,(H,23,28)(H,25,29)(H,26,30)(H,27,31)/b24-10+. The van der Waals surface area contributed by atoms with Crippen molar-refractivity contribution in [3.8, 4) is 0 Å². The maximum absolute atomic E-state index is 12.0. The van der Waals surface area contributed by atoms with Crippen molar-refractivity contribution in [2.45, 2.75) is 32.9 Å². The first-order valence-electron chi connectivity index (χ1n) is 9.22. The van der Waals surface area contributed by atoms with Crippen LogP contribution in [-0.2, 0) is 25.7 Å². The lowest BCUT2D eigenvalue weighted by atomic mass is 10.1. The van der Waals surface area contributed by atoms with Crippen molar-refractivity contribution in [2.24, 2.45) is 5.10 Å². The maximum Gasteiger partial charge on any atom is 0.329 e. The normalized spacial score (nSPS) is 11.2. The molecule has 0 saturated heterocycles. The Bertz CT molecular complexity index is 1040. The van der Waals surface area contributed by atoms with Gasteiger partial charge in [0.2, 0.25) is 0 Å². The van der Waals surface area contributed by atoms with Crippen LogP contribution in [0.15, 0.2) is 39.9 Å². The second-order valence-electron chi connectivity index (χ2n) is 7.50. The lowest BCUT2D eigenvalue weighted by Crippen LogP contribution is -2.47. The van der Waals surface area contributed by atoms with Gasteiger partial charge in [-0.15, -0.1) is 0 Å². The lowest BCUT2D eigenvalue weighted by Gasteiger charge is -2.19. The molecule has 32 heavy (non-hydrogen) atoms. The number of halogens is 2. The number of rotatable bonds is 5. The van der Waals surface area contributed by atoms with E-state index in [1.165, 1.54) is 30.5 Å². The molecule has 170 valence electrons. The van der Waals surface area contributed by atoms with Crippen LogP contribution in [0.2, 0.25) is 10.0 Å². The third-order valence-corrected chi connectivity index (χ3v) is 3.92. The van der Waals surface area contributed by atoms with E-state index in [0.29, 0.717) is 15.8 Å². The number of furan rings is 1. The van der Waals surface area contributed by atoms with Gasteiger partial charge in [-0.2, -0.15) is 5.10 Å². The van der Waals surface area contributed by atoms with E-state index in [9.17, 15) is 19.2 Å². The van der Waals surface area contributed by atoms with E-state index >= 15 is 0 Å². The topological polar surface area (TPSA) is 142 Å². The molecule has 0 aliphatic heterocycles. The molecule has 12 heteroatoms. The molecule has 2 aromatic rings. The Morgan fingerprint density at radius 3 is 2.25 bits per heavy atom. The van der Waals surface area contributed by atoms with Gasteiger partial charge in [0.25, 0.3) is 0 Å². The van der Waals surface area contributed by atoms with Gasteiger partial charge in [0.15, 0.2) is 0 Å². The molecule has 0 unspecified atom stereocenters. The summed E-state index contributed by atoms with van der Waals surface area (Å²) in [6, 6.07) is 7.46. The van der Waals surface area contributed by atoms with Crippen LogP contribution in [0, 0.1) is 0 Å². The van der Waals surface area contributed by atoms with Crippen molar-refractivity contribution in [3.63, 3.8) is 0 Å². The fraction of sp³-hybridized carbons (Fsp3) is 0.250. The van der Waals surface area contributed by atoms with E-state index in [2.05, 4.69) is 26.5 Å². The number of amides is 4. The second kappa shape index (κ2) is 10.8. The van der Waals surface area contributed by atoms with Crippen LogP contribution in [0.3, 0.4) is 0 Å². The first kappa shape index (κ1) is 24.9. The summed E-state index contributed by atoms with van der Waals surface area (Å²) in [5.74, 6) is -2.98. The second-order valence-corrected chi connectivity index (χ2v) is 8.38. The molecule has 0 spiro atoms. The highest BCUT2D eigenvalue weighted by Gasteiger charge is 2.19. The van der Waals surface area contributed by atoms with Crippen LogP contribution in [0.25, 0.3) is 0 Å². The number of nitrogens with one attached hydrogen (secondary N) is 4. The Labute approximate surface area is 193 Å². The summed E-state index contributed by atoms with van der Waals surface area (Å²) in [6.07, 6.45) is 1.18. The smallest absolute Gasteiger partial charge is 0.329 e. The van der Waals surface area contributed by atoms with E-state index in [-0.39, 0.29) is 18.0 Å². The summed E-state index contributed by atoms with van der Waals surface area (Å²) in [5, 5.41) is 11.5. The first-order valence-corrected chi connectivity index (χ1v) is 9.98. The average Bonchev–Trinajstić information content (AvgIpc) is 3.11. The Morgan fingerprint density at radius 2 is 1.62 bits per heavy atom. The molecule has 2 rings (SSSR count). The van der Waals surface area contributed by atoms with Crippen LogP contribution in [0.4, 0.5) is 5.69 Å². The number of hydrazone groups is 1. The maximum atomic E-state index is 12.0. The van der Waals surface area contributed by atoms with Gasteiger partial charge >= 0.3 is 23.6 Å². The molecule has 1 aromatic heterocycles. The summed E-state index contributed by atoms with van der Waals surface area (Å²) in [4.78, 5) is 47.2. The highest BCUT2D eigenvalue weighted by Crippen LogP contribution is 2.22. The number of anilines is 1. The number of carbonyl (C=O) groups excluding carboxylic acids is 4. The van der Waals surface area contributed by atoms with Gasteiger partial charge in [-0.1, -0.05) is 23.2 Å². The minimum absolute atomic E-state index is 0.0727. The van der Waals surface area contributed by atoms with Crippen molar-refractivity contribution in [3.05, 3.63) is 51.9 Å². The van der Waals surface area contributed by atoms with Crippen LogP contribution < -0.4 is 21.4 Å². The number of nitrogens with zero attached hydrogens (tertiary/aromatic N) is 1. The van der Waals surface area contributed by atoms with E-state index in [1.54, 1.807) is 26.8 Å². The molecule has 1 aromatic carbocycles. The quantitative estimate of drug-likeness (QED) is 0.294. The Kier molecular flexibility index (Phi) is 8.39. The molecule has 0 aliphatic rings. The SMILES string of the molecule is CC(C)(C)NC(=O)C(=O)N/N=C/c1ccc(CNC(=O)C(=O)Nc2cc(Cl)cc(Cl)c2)o1. The predicted molar refractivity (Wildman–Crippen MR) is 119 cm³/mol. The van der Waals surface area contributed by atoms with E-state index in [4.69, 9.17) is 27.6 Å². The summed E-state index contributed by atoms with van der Waals surface area (Å²) >= 11 is 11.7. The number of hydrogen-bond donors (Lipinski definition) is 4. The Balaban J connectivity index is 1.82. The van der Waals surface area contributed by atoms with Gasteiger partial charge in [0, 0.05) is 21.3 Å². The highest BCUT2D eigenvalue weighted by molar-refractivity contribution is 6.40. The Hall–Kier alpha value is -3.37. The van der Waals surface area contributed by atoms with Gasteiger partial charge in [0.05, 0.1) is 12.8 Å². The minimum atomic E-state index is -0.928. The van der Waals surface area contributed by atoms with Crippen LogP contribution >= 0.6 is 23.2 Å². The van der Waals surface area contributed by atoms with Crippen LogP contribution in [0.5, 0.6) is 0 Å². The molecule has 4 N–H and O–H groups in total. The molecule has 0 radical (unpaired) electrons. The summed E-state index contributed by atoms with van der Waals surface area (Å²) < 4.78 is 5.40. The van der Waals surface area contributed by atoms with Crippen molar-refractivity contribution in [1.82, 2.24) is 16.1 Å². The van der Waals surface area contributed by atoms with E-state index < -0.39 is 29.2 Å². The first-order chi connectivity index (χ1) is 14.9. The summed E-state index contributed by atoms with van der Waals surface area (Å²) in [6.45, 7) is 5.14. The zero-order valence-electron chi connectivity index (χ0n) is 17.4. The van der Waals surface area contributed by atoms with Gasteiger partial charge in [-0.25, -0.2) is 5.43 Å². The van der Waals surface area contributed by atoms with Gasteiger partial charge in [-0.3, -0.25) is 19.2 Å². The van der Waals surface area contributed by atoms with Crippen molar-refractivity contribution in [1.29, 1.82) is 0 Å². The molecular formula is C20H21Cl2N5O5. The zero-order chi connectivity index (χ0) is 23.9. The Morgan fingerprint density at radius 1 is 0.969 bits per heavy atom. The molecule has 0 aliphatic carbocycles. The zero-order valence-corrected chi connectivity index (χ0v) is 18.9. The van der Waals surface area contributed by atoms with E-state index in [1.807, 2.05) is 0 Å². The van der Waals surface area contributed by atoms with Crippen LogP contribution in [-0.4, -0.2) is 35.4 Å². The predicted octanol–water partition coefficient (Wildman–Crippen LogP) is 2.21. The number of carbonyl (C=O) groups is 4. The molecule has 1 heterocycles. The number of hydrogen-bond acceptors (Lipinski definition) is 6. The van der Waals surface area contributed by atoms with Crippen molar-refractivity contribution >= 4 is 58.7 Å². The monoisotopic (exact) mass is 481 g/mol. The van der Waals surface area contributed by atoms with E-state index in [0.717, 1.165) is 0 Å². The van der Waals surface area contributed by atoms with Crippen LogP contribution in [0.1, 0.15) is 32.3 Å². The number of benzene rings is 1. The summed E-state index contributed by atoms with van der Waals surface area (Å²) in [7, 11) is 0. The molecule has 0 atom stereocenters. The molecule has 4 amide bonds.